The Morgan fingerprint density at radius 2 is 2.13 bits per heavy atom. The van der Waals surface area contributed by atoms with Crippen molar-refractivity contribution in [1.82, 2.24) is 0 Å². The van der Waals surface area contributed by atoms with Gasteiger partial charge in [0.1, 0.15) is 5.75 Å². The van der Waals surface area contributed by atoms with Crippen molar-refractivity contribution < 1.29 is 9.53 Å². The Labute approximate surface area is 91.3 Å². The first-order valence-corrected chi connectivity index (χ1v) is 5.33. The maximum atomic E-state index is 10.9. The lowest BCUT2D eigenvalue weighted by Gasteiger charge is -2.14. The second kappa shape index (κ2) is 4.96. The molecule has 0 aliphatic rings. The lowest BCUT2D eigenvalue weighted by molar-refractivity contribution is -0.131. The standard InChI is InChI=1S/C13H18O2/c1-5-10(3)12-8-9(2)6-7-13(12)15-11(4)14/h6-8,10H,5H2,1-4H3/t10-/m0/s1. The number of hydrogen-bond acceptors (Lipinski definition) is 2. The molecule has 0 fully saturated rings. The Hall–Kier alpha value is -1.31. The van der Waals surface area contributed by atoms with Crippen molar-refractivity contribution in [3.63, 3.8) is 0 Å². The fourth-order valence-corrected chi connectivity index (χ4v) is 1.52. The summed E-state index contributed by atoms with van der Waals surface area (Å²) in [5, 5.41) is 0. The van der Waals surface area contributed by atoms with Crippen molar-refractivity contribution in [3.05, 3.63) is 29.3 Å². The highest BCUT2D eigenvalue weighted by Crippen LogP contribution is 2.29. The lowest BCUT2D eigenvalue weighted by atomic mass is 9.96. The summed E-state index contributed by atoms with van der Waals surface area (Å²) in [5.41, 5.74) is 2.31. The topological polar surface area (TPSA) is 26.3 Å². The smallest absolute Gasteiger partial charge is 0.308 e. The molecule has 0 radical (unpaired) electrons. The van der Waals surface area contributed by atoms with Gasteiger partial charge in [0.2, 0.25) is 0 Å². The zero-order valence-electron chi connectivity index (χ0n) is 9.83. The summed E-state index contributed by atoms with van der Waals surface area (Å²) >= 11 is 0. The van der Waals surface area contributed by atoms with Crippen LogP contribution in [0.15, 0.2) is 18.2 Å². The first-order valence-electron chi connectivity index (χ1n) is 5.33. The van der Waals surface area contributed by atoms with Gasteiger partial charge in [-0.3, -0.25) is 4.79 Å². The minimum atomic E-state index is -0.261. The van der Waals surface area contributed by atoms with Crippen LogP contribution in [0.1, 0.15) is 44.2 Å². The van der Waals surface area contributed by atoms with Gasteiger partial charge in [0.25, 0.3) is 0 Å². The highest BCUT2D eigenvalue weighted by atomic mass is 16.5. The molecule has 15 heavy (non-hydrogen) atoms. The molecule has 2 nitrogen and oxygen atoms in total. The summed E-state index contributed by atoms with van der Waals surface area (Å²) in [6.45, 7) is 7.75. The molecule has 0 N–H and O–H groups in total. The Morgan fingerprint density at radius 3 is 2.67 bits per heavy atom. The van der Waals surface area contributed by atoms with Crippen LogP contribution in [-0.4, -0.2) is 5.97 Å². The van der Waals surface area contributed by atoms with Gasteiger partial charge in [0.05, 0.1) is 0 Å². The average Bonchev–Trinajstić information content (AvgIpc) is 2.19. The Bertz CT molecular complexity index is 356. The van der Waals surface area contributed by atoms with E-state index in [9.17, 15) is 4.79 Å². The van der Waals surface area contributed by atoms with E-state index in [-0.39, 0.29) is 5.97 Å². The molecule has 0 aliphatic heterocycles. The van der Waals surface area contributed by atoms with E-state index in [1.807, 2.05) is 19.1 Å². The van der Waals surface area contributed by atoms with Gasteiger partial charge < -0.3 is 4.74 Å². The predicted octanol–water partition coefficient (Wildman–Crippen LogP) is 3.43. The Kier molecular flexibility index (Phi) is 3.89. The van der Waals surface area contributed by atoms with Crippen molar-refractivity contribution >= 4 is 5.97 Å². The van der Waals surface area contributed by atoms with Gasteiger partial charge in [0, 0.05) is 6.92 Å². The van der Waals surface area contributed by atoms with Crippen molar-refractivity contribution in [3.8, 4) is 5.75 Å². The SMILES string of the molecule is CC[C@H](C)c1cc(C)ccc1OC(C)=O. The van der Waals surface area contributed by atoms with Gasteiger partial charge in [-0.25, -0.2) is 0 Å². The summed E-state index contributed by atoms with van der Waals surface area (Å²) in [6.07, 6.45) is 1.04. The molecule has 0 spiro atoms. The van der Waals surface area contributed by atoms with Gasteiger partial charge in [-0.1, -0.05) is 31.5 Å². The van der Waals surface area contributed by atoms with E-state index in [1.165, 1.54) is 12.5 Å². The third kappa shape index (κ3) is 3.08. The lowest BCUT2D eigenvalue weighted by Crippen LogP contribution is -2.05. The Balaban J connectivity index is 3.08. The van der Waals surface area contributed by atoms with Crippen LogP contribution in [0.4, 0.5) is 0 Å². The van der Waals surface area contributed by atoms with Crippen molar-refractivity contribution in [1.29, 1.82) is 0 Å². The zero-order valence-corrected chi connectivity index (χ0v) is 9.83. The van der Waals surface area contributed by atoms with Gasteiger partial charge >= 0.3 is 5.97 Å². The minimum absolute atomic E-state index is 0.261. The van der Waals surface area contributed by atoms with Crippen LogP contribution < -0.4 is 4.74 Å². The van der Waals surface area contributed by atoms with Crippen LogP contribution in [-0.2, 0) is 4.79 Å². The number of benzene rings is 1. The van der Waals surface area contributed by atoms with Gasteiger partial charge in [-0.2, -0.15) is 0 Å². The van der Waals surface area contributed by atoms with E-state index in [2.05, 4.69) is 19.9 Å². The summed E-state index contributed by atoms with van der Waals surface area (Å²) in [5.74, 6) is 0.852. The molecule has 0 bridgehead atoms. The molecule has 0 saturated carbocycles. The maximum Gasteiger partial charge on any atom is 0.308 e. The number of esters is 1. The summed E-state index contributed by atoms with van der Waals surface area (Å²) in [6, 6.07) is 5.93. The van der Waals surface area contributed by atoms with Crippen LogP contribution in [0.25, 0.3) is 0 Å². The first-order chi connectivity index (χ1) is 7.04. The molecule has 1 rings (SSSR count). The first kappa shape index (κ1) is 11.8. The van der Waals surface area contributed by atoms with E-state index >= 15 is 0 Å². The highest BCUT2D eigenvalue weighted by molar-refractivity contribution is 5.70. The van der Waals surface area contributed by atoms with Crippen LogP contribution >= 0.6 is 0 Å². The van der Waals surface area contributed by atoms with Gasteiger partial charge in [-0.15, -0.1) is 0 Å². The van der Waals surface area contributed by atoms with Gasteiger partial charge in [0.15, 0.2) is 0 Å². The quantitative estimate of drug-likeness (QED) is 0.559. The summed E-state index contributed by atoms with van der Waals surface area (Å²) in [7, 11) is 0. The molecule has 0 aromatic heterocycles. The molecule has 0 heterocycles. The molecule has 1 aromatic carbocycles. The van der Waals surface area contributed by atoms with E-state index in [0.717, 1.165) is 12.0 Å². The van der Waals surface area contributed by atoms with Crippen LogP contribution in [0.5, 0.6) is 5.75 Å². The van der Waals surface area contributed by atoms with Crippen LogP contribution in [0, 0.1) is 6.92 Å². The van der Waals surface area contributed by atoms with E-state index in [0.29, 0.717) is 11.7 Å². The molecule has 0 aliphatic carbocycles. The van der Waals surface area contributed by atoms with E-state index in [4.69, 9.17) is 4.74 Å². The third-order valence-corrected chi connectivity index (χ3v) is 2.56. The summed E-state index contributed by atoms with van der Waals surface area (Å²) < 4.78 is 5.18. The molecule has 1 atom stereocenters. The second-order valence-electron chi connectivity index (χ2n) is 3.94. The van der Waals surface area contributed by atoms with E-state index < -0.39 is 0 Å². The van der Waals surface area contributed by atoms with Crippen molar-refractivity contribution in [2.24, 2.45) is 0 Å². The number of carbonyl (C=O) groups is 1. The normalized spacial score (nSPS) is 12.3. The Morgan fingerprint density at radius 1 is 1.47 bits per heavy atom. The second-order valence-corrected chi connectivity index (χ2v) is 3.94. The van der Waals surface area contributed by atoms with Crippen molar-refractivity contribution in [2.45, 2.75) is 40.0 Å². The molecule has 2 heteroatoms. The predicted molar refractivity (Wildman–Crippen MR) is 61.2 cm³/mol. The number of aryl methyl sites for hydroxylation is 1. The highest BCUT2D eigenvalue weighted by Gasteiger charge is 2.11. The molecule has 0 unspecified atom stereocenters. The molecule has 0 amide bonds. The van der Waals surface area contributed by atoms with Gasteiger partial charge in [-0.05, 0) is 30.9 Å². The van der Waals surface area contributed by atoms with Crippen LogP contribution in [0.3, 0.4) is 0 Å². The summed E-state index contributed by atoms with van der Waals surface area (Å²) in [4.78, 5) is 10.9. The maximum absolute atomic E-state index is 10.9. The number of ether oxygens (including phenoxy) is 1. The monoisotopic (exact) mass is 206 g/mol. The van der Waals surface area contributed by atoms with E-state index in [1.54, 1.807) is 0 Å². The third-order valence-electron chi connectivity index (χ3n) is 2.56. The minimum Gasteiger partial charge on any atom is -0.426 e. The van der Waals surface area contributed by atoms with Crippen LogP contribution in [0.2, 0.25) is 0 Å². The molecular formula is C13H18O2. The fraction of sp³-hybridized carbons (Fsp3) is 0.462. The number of hydrogen-bond donors (Lipinski definition) is 0. The number of carbonyl (C=O) groups excluding carboxylic acids is 1. The zero-order chi connectivity index (χ0) is 11.4. The number of rotatable bonds is 3. The van der Waals surface area contributed by atoms with Crippen molar-refractivity contribution in [2.75, 3.05) is 0 Å². The fourth-order valence-electron chi connectivity index (χ4n) is 1.52. The molecule has 0 saturated heterocycles. The average molecular weight is 206 g/mol. The molecular weight excluding hydrogens is 188 g/mol. The largest absolute Gasteiger partial charge is 0.426 e. The molecule has 82 valence electrons. The molecule has 1 aromatic rings.